The molecule has 1 aliphatic heterocycles. The van der Waals surface area contributed by atoms with Crippen molar-refractivity contribution < 1.29 is 4.74 Å². The van der Waals surface area contributed by atoms with E-state index in [1.807, 2.05) is 0 Å². The van der Waals surface area contributed by atoms with Gasteiger partial charge in [0, 0.05) is 38.5 Å². The molecule has 1 heterocycles. The van der Waals surface area contributed by atoms with Crippen LogP contribution in [-0.4, -0.2) is 62.3 Å². The molecule has 0 aliphatic carbocycles. The first-order valence-electron chi connectivity index (χ1n) is 5.86. The van der Waals surface area contributed by atoms with Crippen LogP contribution in [0.3, 0.4) is 0 Å². The Kier molecular flexibility index (Phi) is 7.44. The SMILES string of the molecule is COCCNCC(C)N1CCCSCC1. The highest BCUT2D eigenvalue weighted by Gasteiger charge is 2.14. The predicted octanol–water partition coefficient (Wildman–Crippen LogP) is 1.05. The molecule has 1 rings (SSSR count). The maximum Gasteiger partial charge on any atom is 0.0587 e. The zero-order valence-corrected chi connectivity index (χ0v) is 10.8. The van der Waals surface area contributed by atoms with E-state index in [0.717, 1.165) is 19.7 Å². The maximum absolute atomic E-state index is 5.01. The summed E-state index contributed by atoms with van der Waals surface area (Å²) in [6.45, 7) is 7.67. The monoisotopic (exact) mass is 232 g/mol. The van der Waals surface area contributed by atoms with Crippen LogP contribution >= 0.6 is 11.8 Å². The largest absolute Gasteiger partial charge is 0.383 e. The lowest BCUT2D eigenvalue weighted by Crippen LogP contribution is -2.42. The Balaban J connectivity index is 2.11. The van der Waals surface area contributed by atoms with E-state index in [-0.39, 0.29) is 0 Å². The molecule has 1 atom stereocenters. The Hall–Kier alpha value is 0.230. The molecule has 0 aromatic heterocycles. The van der Waals surface area contributed by atoms with E-state index >= 15 is 0 Å². The van der Waals surface area contributed by atoms with Crippen LogP contribution in [0.25, 0.3) is 0 Å². The van der Waals surface area contributed by atoms with Crippen LogP contribution in [0.15, 0.2) is 0 Å². The van der Waals surface area contributed by atoms with E-state index in [0.29, 0.717) is 6.04 Å². The van der Waals surface area contributed by atoms with Crippen LogP contribution in [0.5, 0.6) is 0 Å². The van der Waals surface area contributed by atoms with Gasteiger partial charge in [-0.3, -0.25) is 4.90 Å². The van der Waals surface area contributed by atoms with Crippen molar-refractivity contribution in [2.75, 3.05) is 51.4 Å². The summed E-state index contributed by atoms with van der Waals surface area (Å²) in [6, 6.07) is 0.653. The fourth-order valence-corrected chi connectivity index (χ4v) is 2.72. The maximum atomic E-state index is 5.01. The van der Waals surface area contributed by atoms with Crippen LogP contribution < -0.4 is 5.32 Å². The Bertz CT molecular complexity index is 150. The lowest BCUT2D eigenvalue weighted by molar-refractivity contribution is 0.187. The number of methoxy groups -OCH3 is 1. The molecule has 4 heteroatoms. The van der Waals surface area contributed by atoms with Crippen LogP contribution in [0.1, 0.15) is 13.3 Å². The molecule has 15 heavy (non-hydrogen) atoms. The quantitative estimate of drug-likeness (QED) is 0.692. The zero-order chi connectivity index (χ0) is 10.9. The van der Waals surface area contributed by atoms with Crippen LogP contribution in [-0.2, 0) is 4.74 Å². The standard InChI is InChI=1S/C11H24N2OS/c1-11(10-12-4-7-14-2)13-5-3-8-15-9-6-13/h11-12H,3-10H2,1-2H3. The van der Waals surface area contributed by atoms with Gasteiger partial charge in [0.2, 0.25) is 0 Å². The van der Waals surface area contributed by atoms with Crippen molar-refractivity contribution in [1.82, 2.24) is 10.2 Å². The van der Waals surface area contributed by atoms with Gasteiger partial charge in [-0.15, -0.1) is 0 Å². The minimum absolute atomic E-state index is 0.653. The van der Waals surface area contributed by atoms with Crippen molar-refractivity contribution in [3.8, 4) is 0 Å². The molecule has 0 aromatic rings. The van der Waals surface area contributed by atoms with E-state index in [1.165, 1.54) is 31.0 Å². The van der Waals surface area contributed by atoms with Gasteiger partial charge in [0.25, 0.3) is 0 Å². The lowest BCUT2D eigenvalue weighted by atomic mass is 10.2. The number of ether oxygens (including phenoxy) is 1. The molecule has 0 aromatic carbocycles. The van der Waals surface area contributed by atoms with Crippen molar-refractivity contribution in [2.45, 2.75) is 19.4 Å². The third-order valence-electron chi connectivity index (χ3n) is 2.80. The molecule has 90 valence electrons. The summed E-state index contributed by atoms with van der Waals surface area (Å²) in [5, 5.41) is 3.43. The van der Waals surface area contributed by atoms with Gasteiger partial charge in [0.05, 0.1) is 6.61 Å². The van der Waals surface area contributed by atoms with Gasteiger partial charge in [-0.2, -0.15) is 11.8 Å². The number of hydrogen-bond donors (Lipinski definition) is 1. The minimum Gasteiger partial charge on any atom is -0.383 e. The molecule has 0 spiro atoms. The topological polar surface area (TPSA) is 24.5 Å². The Morgan fingerprint density at radius 3 is 3.07 bits per heavy atom. The van der Waals surface area contributed by atoms with E-state index in [1.54, 1.807) is 7.11 Å². The third-order valence-corrected chi connectivity index (χ3v) is 3.85. The fourth-order valence-electron chi connectivity index (χ4n) is 1.82. The van der Waals surface area contributed by atoms with Gasteiger partial charge in [0.15, 0.2) is 0 Å². The smallest absolute Gasteiger partial charge is 0.0587 e. The summed E-state index contributed by atoms with van der Waals surface area (Å²) in [7, 11) is 1.75. The number of rotatable bonds is 6. The normalized spacial score (nSPS) is 21.2. The van der Waals surface area contributed by atoms with Gasteiger partial charge in [0.1, 0.15) is 0 Å². The molecule has 3 nitrogen and oxygen atoms in total. The molecule has 0 saturated carbocycles. The van der Waals surface area contributed by atoms with Crippen molar-refractivity contribution >= 4 is 11.8 Å². The van der Waals surface area contributed by atoms with Crippen molar-refractivity contribution in [1.29, 1.82) is 0 Å². The molecule has 1 saturated heterocycles. The Labute approximate surface area is 97.9 Å². The molecule has 0 amide bonds. The van der Waals surface area contributed by atoms with Crippen LogP contribution in [0.2, 0.25) is 0 Å². The first kappa shape index (κ1) is 13.3. The molecular weight excluding hydrogens is 208 g/mol. The Morgan fingerprint density at radius 1 is 1.40 bits per heavy atom. The summed E-state index contributed by atoms with van der Waals surface area (Å²) < 4.78 is 5.01. The highest BCUT2D eigenvalue weighted by molar-refractivity contribution is 7.99. The molecule has 0 bridgehead atoms. The molecule has 1 unspecified atom stereocenters. The second kappa shape index (κ2) is 8.39. The number of nitrogens with one attached hydrogen (secondary N) is 1. The molecule has 1 fully saturated rings. The first-order valence-corrected chi connectivity index (χ1v) is 7.01. The summed E-state index contributed by atoms with van der Waals surface area (Å²) in [4.78, 5) is 2.60. The van der Waals surface area contributed by atoms with Crippen LogP contribution in [0.4, 0.5) is 0 Å². The fraction of sp³-hybridized carbons (Fsp3) is 1.00. The predicted molar refractivity (Wildman–Crippen MR) is 67.7 cm³/mol. The highest BCUT2D eigenvalue weighted by atomic mass is 32.2. The Morgan fingerprint density at radius 2 is 2.27 bits per heavy atom. The van der Waals surface area contributed by atoms with Gasteiger partial charge in [-0.05, 0) is 25.6 Å². The zero-order valence-electron chi connectivity index (χ0n) is 10.00. The molecule has 0 radical (unpaired) electrons. The summed E-state index contributed by atoms with van der Waals surface area (Å²) >= 11 is 2.09. The average Bonchev–Trinajstić information content (AvgIpc) is 2.52. The van der Waals surface area contributed by atoms with Crippen LogP contribution in [0, 0.1) is 0 Å². The number of hydrogen-bond acceptors (Lipinski definition) is 4. The number of thioether (sulfide) groups is 1. The van der Waals surface area contributed by atoms with E-state index in [2.05, 4.69) is 28.9 Å². The average molecular weight is 232 g/mol. The van der Waals surface area contributed by atoms with Gasteiger partial charge in [-0.1, -0.05) is 0 Å². The second-order valence-corrected chi connectivity index (χ2v) is 5.27. The lowest BCUT2D eigenvalue weighted by Gasteiger charge is -2.27. The molecule has 1 aliphatic rings. The summed E-state index contributed by atoms with van der Waals surface area (Å²) in [5.74, 6) is 2.63. The highest BCUT2D eigenvalue weighted by Crippen LogP contribution is 2.11. The van der Waals surface area contributed by atoms with E-state index in [9.17, 15) is 0 Å². The minimum atomic E-state index is 0.653. The van der Waals surface area contributed by atoms with Crippen molar-refractivity contribution in [3.05, 3.63) is 0 Å². The molecule has 1 N–H and O–H groups in total. The number of nitrogens with zero attached hydrogens (tertiary/aromatic N) is 1. The summed E-state index contributed by atoms with van der Waals surface area (Å²) in [6.07, 6.45) is 1.34. The van der Waals surface area contributed by atoms with Crippen molar-refractivity contribution in [3.63, 3.8) is 0 Å². The second-order valence-electron chi connectivity index (χ2n) is 4.05. The van der Waals surface area contributed by atoms with Gasteiger partial charge >= 0.3 is 0 Å². The first-order chi connectivity index (χ1) is 7.34. The summed E-state index contributed by atoms with van der Waals surface area (Å²) in [5.41, 5.74) is 0. The molecular formula is C11H24N2OS. The van der Waals surface area contributed by atoms with E-state index in [4.69, 9.17) is 4.74 Å². The van der Waals surface area contributed by atoms with E-state index < -0.39 is 0 Å². The third kappa shape index (κ3) is 5.76. The van der Waals surface area contributed by atoms with Gasteiger partial charge in [-0.25, -0.2) is 0 Å². The van der Waals surface area contributed by atoms with Crippen molar-refractivity contribution in [2.24, 2.45) is 0 Å². The van der Waals surface area contributed by atoms with Gasteiger partial charge < -0.3 is 10.1 Å².